The van der Waals surface area contributed by atoms with Crippen LogP contribution in [0.3, 0.4) is 0 Å². The third kappa shape index (κ3) is 5.93. The van der Waals surface area contributed by atoms with E-state index in [1.165, 1.54) is 7.11 Å². The van der Waals surface area contributed by atoms with E-state index in [0.717, 1.165) is 31.4 Å². The molecule has 0 saturated heterocycles. The van der Waals surface area contributed by atoms with Crippen molar-refractivity contribution in [2.24, 2.45) is 5.10 Å². The number of halogens is 2. The largest absolute Gasteiger partial charge is 0.496 e. The quantitative estimate of drug-likeness (QED) is 0.306. The molecule has 0 unspecified atom stereocenters. The van der Waals surface area contributed by atoms with Crippen LogP contribution in [0.15, 0.2) is 74.7 Å². The summed E-state index contributed by atoms with van der Waals surface area (Å²) in [6.07, 6.45) is 1.58. The Morgan fingerprint density at radius 3 is 2.53 bits per heavy atom. The number of carbonyl (C=O) groups excluding carboxylic acids is 1. The molecule has 5 nitrogen and oxygen atoms in total. The van der Waals surface area contributed by atoms with Crippen LogP contribution >= 0.6 is 31.9 Å². The number of hydrazone groups is 1. The number of hydrogen-bond acceptors (Lipinski definition) is 4. The molecule has 0 fully saturated rings. The number of benzene rings is 3. The Balaban J connectivity index is 1.56. The average molecular weight is 532 g/mol. The smallest absolute Gasteiger partial charge is 0.275 e. The highest BCUT2D eigenvalue weighted by Crippen LogP contribution is 2.23. The lowest BCUT2D eigenvalue weighted by Gasteiger charge is -2.09. The Hall–Kier alpha value is -2.64. The molecule has 0 bridgehead atoms. The van der Waals surface area contributed by atoms with Gasteiger partial charge < -0.3 is 9.47 Å². The van der Waals surface area contributed by atoms with Crippen LogP contribution in [0.5, 0.6) is 11.5 Å². The Kier molecular flexibility index (Phi) is 7.65. The first-order valence-corrected chi connectivity index (χ1v) is 10.7. The third-order valence-corrected chi connectivity index (χ3v) is 5.50. The molecular formula is C23H20Br2N2O3. The predicted octanol–water partition coefficient (Wildman–Crippen LogP) is 5.87. The number of ether oxygens (including phenoxy) is 2. The molecule has 0 aliphatic carbocycles. The molecule has 0 atom stereocenters. The van der Waals surface area contributed by atoms with Gasteiger partial charge in [-0.15, -0.1) is 0 Å². The van der Waals surface area contributed by atoms with Gasteiger partial charge in [-0.2, -0.15) is 5.10 Å². The van der Waals surface area contributed by atoms with Gasteiger partial charge in [0.05, 0.1) is 18.9 Å². The van der Waals surface area contributed by atoms with Crippen LogP contribution in [0.25, 0.3) is 0 Å². The lowest BCUT2D eigenvalue weighted by Crippen LogP contribution is -2.18. The van der Waals surface area contributed by atoms with Crippen molar-refractivity contribution in [3.63, 3.8) is 0 Å². The second-order valence-electron chi connectivity index (χ2n) is 6.50. The summed E-state index contributed by atoms with van der Waals surface area (Å²) >= 11 is 6.97. The van der Waals surface area contributed by atoms with Crippen molar-refractivity contribution in [3.8, 4) is 11.5 Å². The lowest BCUT2D eigenvalue weighted by atomic mass is 10.1. The van der Waals surface area contributed by atoms with E-state index in [1.807, 2.05) is 61.5 Å². The van der Waals surface area contributed by atoms with Gasteiger partial charge in [-0.1, -0.05) is 44.0 Å². The Bertz CT molecular complexity index is 1070. The number of methoxy groups -OCH3 is 1. The summed E-state index contributed by atoms with van der Waals surface area (Å²) in [5.74, 6) is 0.931. The zero-order valence-corrected chi connectivity index (χ0v) is 19.7. The van der Waals surface area contributed by atoms with E-state index in [1.54, 1.807) is 12.3 Å². The standard InChI is InChI=1S/C23H20Br2N2O3/c1-15-3-10-20(22(11-15)29-2)23(28)27-26-13-16-4-8-19(9-5-16)30-14-17-6-7-18(24)12-21(17)25/h3-13H,14H2,1-2H3,(H,27,28)/b26-13-. The summed E-state index contributed by atoms with van der Waals surface area (Å²) in [7, 11) is 1.54. The van der Waals surface area contributed by atoms with E-state index in [-0.39, 0.29) is 5.91 Å². The molecule has 7 heteroatoms. The molecule has 1 N–H and O–H groups in total. The van der Waals surface area contributed by atoms with Crippen LogP contribution in [0.2, 0.25) is 0 Å². The first-order chi connectivity index (χ1) is 14.5. The Morgan fingerprint density at radius 2 is 1.83 bits per heavy atom. The maximum Gasteiger partial charge on any atom is 0.275 e. The van der Waals surface area contributed by atoms with Gasteiger partial charge in [0.1, 0.15) is 18.1 Å². The second-order valence-corrected chi connectivity index (χ2v) is 8.27. The molecule has 3 rings (SSSR count). The van der Waals surface area contributed by atoms with Crippen molar-refractivity contribution >= 4 is 44.0 Å². The van der Waals surface area contributed by atoms with Crippen LogP contribution in [0.4, 0.5) is 0 Å². The van der Waals surface area contributed by atoms with Crippen molar-refractivity contribution in [2.45, 2.75) is 13.5 Å². The van der Waals surface area contributed by atoms with Gasteiger partial charge in [0.15, 0.2) is 0 Å². The highest BCUT2D eigenvalue weighted by molar-refractivity contribution is 9.11. The van der Waals surface area contributed by atoms with E-state index in [0.29, 0.717) is 17.9 Å². The summed E-state index contributed by atoms with van der Waals surface area (Å²) in [4.78, 5) is 12.3. The summed E-state index contributed by atoms with van der Waals surface area (Å²) < 4.78 is 13.1. The Morgan fingerprint density at radius 1 is 1.07 bits per heavy atom. The molecule has 0 aliphatic heterocycles. The van der Waals surface area contributed by atoms with Gasteiger partial charge in [0, 0.05) is 14.5 Å². The fourth-order valence-corrected chi connectivity index (χ4v) is 3.82. The van der Waals surface area contributed by atoms with Gasteiger partial charge in [-0.3, -0.25) is 4.79 Å². The average Bonchev–Trinajstić information content (AvgIpc) is 2.74. The highest BCUT2D eigenvalue weighted by Gasteiger charge is 2.11. The first kappa shape index (κ1) is 22.1. The van der Waals surface area contributed by atoms with Gasteiger partial charge in [-0.05, 0) is 66.6 Å². The minimum atomic E-state index is -0.330. The summed E-state index contributed by atoms with van der Waals surface area (Å²) in [5, 5.41) is 4.03. The molecule has 154 valence electrons. The van der Waals surface area contributed by atoms with Crippen molar-refractivity contribution in [1.82, 2.24) is 5.43 Å². The minimum absolute atomic E-state index is 0.330. The maximum atomic E-state index is 12.3. The van der Waals surface area contributed by atoms with Crippen LogP contribution in [-0.2, 0) is 6.61 Å². The molecule has 3 aromatic carbocycles. The lowest BCUT2D eigenvalue weighted by molar-refractivity contribution is 0.0952. The van der Waals surface area contributed by atoms with Crippen molar-refractivity contribution in [3.05, 3.63) is 91.9 Å². The molecule has 0 radical (unpaired) electrons. The van der Waals surface area contributed by atoms with Crippen LogP contribution in [-0.4, -0.2) is 19.2 Å². The normalized spacial score (nSPS) is 10.8. The number of nitrogens with zero attached hydrogens (tertiary/aromatic N) is 1. The van der Waals surface area contributed by atoms with Gasteiger partial charge in [0.25, 0.3) is 5.91 Å². The van der Waals surface area contributed by atoms with Crippen molar-refractivity contribution < 1.29 is 14.3 Å². The van der Waals surface area contributed by atoms with E-state index in [9.17, 15) is 4.79 Å². The van der Waals surface area contributed by atoms with Crippen LogP contribution in [0.1, 0.15) is 27.0 Å². The Labute approximate surface area is 192 Å². The fourth-order valence-electron chi connectivity index (χ4n) is 2.66. The SMILES string of the molecule is COc1cc(C)ccc1C(=O)N/N=C\c1ccc(OCc2ccc(Br)cc2Br)cc1. The highest BCUT2D eigenvalue weighted by atomic mass is 79.9. The van der Waals surface area contributed by atoms with Gasteiger partial charge >= 0.3 is 0 Å². The number of nitrogens with one attached hydrogen (secondary N) is 1. The molecule has 1 amide bonds. The number of rotatable bonds is 7. The van der Waals surface area contributed by atoms with Crippen molar-refractivity contribution in [2.75, 3.05) is 7.11 Å². The van der Waals surface area contributed by atoms with Crippen LogP contribution in [0, 0.1) is 6.92 Å². The van der Waals surface area contributed by atoms with Gasteiger partial charge in [0.2, 0.25) is 0 Å². The molecular weight excluding hydrogens is 512 g/mol. The predicted molar refractivity (Wildman–Crippen MR) is 125 cm³/mol. The molecule has 0 spiro atoms. The molecule has 0 saturated carbocycles. The molecule has 0 aliphatic rings. The monoisotopic (exact) mass is 530 g/mol. The van der Waals surface area contributed by atoms with E-state index in [4.69, 9.17) is 9.47 Å². The van der Waals surface area contributed by atoms with Crippen LogP contribution < -0.4 is 14.9 Å². The summed E-state index contributed by atoms with van der Waals surface area (Å²) in [5.41, 5.74) is 5.86. The topological polar surface area (TPSA) is 59.9 Å². The number of amides is 1. The molecule has 0 aromatic heterocycles. The van der Waals surface area contributed by atoms with E-state index in [2.05, 4.69) is 42.4 Å². The zero-order valence-electron chi connectivity index (χ0n) is 16.5. The molecule has 30 heavy (non-hydrogen) atoms. The zero-order chi connectivity index (χ0) is 21.5. The fraction of sp³-hybridized carbons (Fsp3) is 0.130. The number of carbonyl (C=O) groups is 1. The molecule has 3 aromatic rings. The van der Waals surface area contributed by atoms with E-state index < -0.39 is 0 Å². The van der Waals surface area contributed by atoms with E-state index >= 15 is 0 Å². The number of aryl methyl sites for hydroxylation is 1. The molecule has 0 heterocycles. The minimum Gasteiger partial charge on any atom is -0.496 e. The van der Waals surface area contributed by atoms with Crippen molar-refractivity contribution in [1.29, 1.82) is 0 Å². The first-order valence-electron chi connectivity index (χ1n) is 9.11. The summed E-state index contributed by atoms with van der Waals surface area (Å²) in [6.45, 7) is 2.39. The maximum absolute atomic E-state index is 12.3. The second kappa shape index (κ2) is 10.4. The number of hydrogen-bond donors (Lipinski definition) is 1. The van der Waals surface area contributed by atoms with Gasteiger partial charge in [-0.25, -0.2) is 5.43 Å². The summed E-state index contributed by atoms with van der Waals surface area (Å²) in [6, 6.07) is 18.8. The third-order valence-electron chi connectivity index (χ3n) is 4.27.